The first kappa shape index (κ1) is 14.8. The van der Waals surface area contributed by atoms with Crippen molar-refractivity contribution < 1.29 is 14.3 Å². The second-order valence-electron chi connectivity index (χ2n) is 6.05. The molecule has 0 aromatic heterocycles. The molecule has 0 bridgehead atoms. The number of methoxy groups -OCH3 is 1. The maximum atomic E-state index is 12.2. The van der Waals surface area contributed by atoms with E-state index in [2.05, 4.69) is 18.2 Å². The Hall–Kier alpha value is -2.16. The molecule has 114 valence electrons. The van der Waals surface area contributed by atoms with E-state index >= 15 is 0 Å². The van der Waals surface area contributed by atoms with E-state index in [4.69, 9.17) is 4.74 Å². The summed E-state index contributed by atoms with van der Waals surface area (Å²) < 4.78 is 4.95. The number of benzene rings is 1. The summed E-state index contributed by atoms with van der Waals surface area (Å²) in [6.45, 7) is 1.94. The molecule has 0 unspecified atom stereocenters. The molecule has 3 rings (SSSR count). The van der Waals surface area contributed by atoms with Crippen molar-refractivity contribution in [3.63, 3.8) is 0 Å². The monoisotopic (exact) mass is 296 g/mol. The predicted molar refractivity (Wildman–Crippen MR) is 85.0 cm³/mol. The van der Waals surface area contributed by atoms with E-state index in [0.29, 0.717) is 18.4 Å². The smallest absolute Gasteiger partial charge is 0.334 e. The van der Waals surface area contributed by atoms with Crippen LogP contribution in [0, 0.1) is 11.8 Å². The summed E-state index contributed by atoms with van der Waals surface area (Å²) in [5, 5.41) is 0. The van der Waals surface area contributed by atoms with Gasteiger partial charge in [0, 0.05) is 24.3 Å². The molecular weight excluding hydrogens is 276 g/mol. The van der Waals surface area contributed by atoms with E-state index in [9.17, 15) is 9.59 Å². The lowest BCUT2D eigenvalue weighted by Gasteiger charge is -2.37. The van der Waals surface area contributed by atoms with Gasteiger partial charge < -0.3 is 4.74 Å². The Bertz CT molecular complexity index is 667. The number of carbonyl (C=O) groups is 2. The quantitative estimate of drug-likeness (QED) is 0.784. The van der Waals surface area contributed by atoms with Gasteiger partial charge in [-0.3, -0.25) is 4.79 Å². The Morgan fingerprint density at radius 3 is 2.59 bits per heavy atom. The van der Waals surface area contributed by atoms with Crippen LogP contribution in [0.25, 0.3) is 5.57 Å². The summed E-state index contributed by atoms with van der Waals surface area (Å²) in [5.74, 6) is 0.113. The van der Waals surface area contributed by atoms with Crippen molar-refractivity contribution >= 4 is 17.3 Å². The highest BCUT2D eigenvalue weighted by atomic mass is 16.5. The third-order valence-electron chi connectivity index (χ3n) is 4.75. The second kappa shape index (κ2) is 5.91. The van der Waals surface area contributed by atoms with Crippen molar-refractivity contribution in [1.82, 2.24) is 0 Å². The molecule has 0 aliphatic heterocycles. The molecule has 2 aliphatic rings. The van der Waals surface area contributed by atoms with Gasteiger partial charge in [-0.25, -0.2) is 4.79 Å². The van der Waals surface area contributed by atoms with Crippen LogP contribution in [0.3, 0.4) is 0 Å². The van der Waals surface area contributed by atoms with Crippen LogP contribution >= 0.6 is 0 Å². The summed E-state index contributed by atoms with van der Waals surface area (Å²) in [5.41, 5.74) is 4.01. The third kappa shape index (κ3) is 2.52. The van der Waals surface area contributed by atoms with Gasteiger partial charge in [0.1, 0.15) is 5.78 Å². The molecular formula is C19H20O3. The zero-order valence-electron chi connectivity index (χ0n) is 13.0. The van der Waals surface area contributed by atoms with Crippen LogP contribution in [-0.2, 0) is 14.3 Å². The lowest BCUT2D eigenvalue weighted by atomic mass is 9.66. The Morgan fingerprint density at radius 2 is 1.91 bits per heavy atom. The minimum atomic E-state index is -0.300. The third-order valence-corrected chi connectivity index (χ3v) is 4.75. The molecule has 1 aromatic carbocycles. The van der Waals surface area contributed by atoms with E-state index in [1.165, 1.54) is 18.2 Å². The molecule has 0 amide bonds. The van der Waals surface area contributed by atoms with Gasteiger partial charge in [-0.15, -0.1) is 0 Å². The van der Waals surface area contributed by atoms with E-state index in [1.807, 2.05) is 25.1 Å². The number of allylic oxidation sites excluding steroid dienone is 3. The minimum absolute atomic E-state index is 0.0473. The summed E-state index contributed by atoms with van der Waals surface area (Å²) in [6, 6.07) is 10.2. The van der Waals surface area contributed by atoms with Crippen molar-refractivity contribution in [2.45, 2.75) is 26.2 Å². The molecule has 0 saturated heterocycles. The first-order chi connectivity index (χ1) is 10.6. The Labute approximate surface area is 130 Å². The topological polar surface area (TPSA) is 43.4 Å². The first-order valence-electron chi connectivity index (χ1n) is 7.69. The van der Waals surface area contributed by atoms with Crippen LogP contribution in [0.15, 0.2) is 47.6 Å². The number of hydrogen-bond acceptors (Lipinski definition) is 3. The summed E-state index contributed by atoms with van der Waals surface area (Å²) in [7, 11) is 1.40. The largest absolute Gasteiger partial charge is 0.466 e. The first-order valence-corrected chi connectivity index (χ1v) is 7.69. The fraction of sp³-hybridized carbons (Fsp3) is 0.368. The zero-order chi connectivity index (χ0) is 15.7. The molecule has 0 heterocycles. The van der Waals surface area contributed by atoms with Crippen molar-refractivity contribution in [2.24, 2.45) is 11.8 Å². The highest BCUT2D eigenvalue weighted by Gasteiger charge is 2.40. The fourth-order valence-electron chi connectivity index (χ4n) is 3.74. The van der Waals surface area contributed by atoms with Gasteiger partial charge in [-0.1, -0.05) is 36.4 Å². The highest BCUT2D eigenvalue weighted by molar-refractivity contribution is 5.95. The Balaban J connectivity index is 2.10. The SMILES string of the molecule is COC(=O)C1=C(C)C=C(c2ccccc2)[C@H]2CCC(=O)C[C@@H]12. The van der Waals surface area contributed by atoms with Gasteiger partial charge in [-0.05, 0) is 36.0 Å². The van der Waals surface area contributed by atoms with E-state index in [0.717, 1.165) is 12.0 Å². The molecule has 0 spiro atoms. The van der Waals surface area contributed by atoms with E-state index in [-0.39, 0.29) is 23.6 Å². The molecule has 1 saturated carbocycles. The standard InChI is InChI=1S/C19H20O3/c1-12-10-16(13-6-4-3-5-7-13)15-9-8-14(20)11-17(15)18(12)19(21)22-2/h3-7,10,15,17H,8-9,11H2,1-2H3/t15-,17-/m1/s1. The van der Waals surface area contributed by atoms with Crippen LogP contribution in [0.5, 0.6) is 0 Å². The Morgan fingerprint density at radius 1 is 1.18 bits per heavy atom. The van der Waals surface area contributed by atoms with Crippen LogP contribution in [0.2, 0.25) is 0 Å². The summed E-state index contributed by atoms with van der Waals surface area (Å²) in [6.07, 6.45) is 3.94. The Kier molecular flexibility index (Phi) is 3.97. The molecule has 0 N–H and O–H groups in total. The van der Waals surface area contributed by atoms with Crippen molar-refractivity contribution in [3.05, 3.63) is 53.1 Å². The van der Waals surface area contributed by atoms with Crippen LogP contribution in [-0.4, -0.2) is 18.9 Å². The van der Waals surface area contributed by atoms with Gasteiger partial charge in [0.25, 0.3) is 0 Å². The highest BCUT2D eigenvalue weighted by Crippen LogP contribution is 2.46. The average molecular weight is 296 g/mol. The molecule has 22 heavy (non-hydrogen) atoms. The zero-order valence-corrected chi connectivity index (χ0v) is 13.0. The normalized spacial score (nSPS) is 24.6. The molecule has 2 atom stereocenters. The maximum Gasteiger partial charge on any atom is 0.334 e. The predicted octanol–water partition coefficient (Wildman–Crippen LogP) is 3.56. The number of rotatable bonds is 2. The van der Waals surface area contributed by atoms with Crippen LogP contribution in [0.1, 0.15) is 31.7 Å². The average Bonchev–Trinajstić information content (AvgIpc) is 2.54. The second-order valence-corrected chi connectivity index (χ2v) is 6.05. The van der Waals surface area contributed by atoms with Crippen LogP contribution < -0.4 is 0 Å². The molecule has 3 nitrogen and oxygen atoms in total. The van der Waals surface area contributed by atoms with Crippen LogP contribution in [0.4, 0.5) is 0 Å². The summed E-state index contributed by atoms with van der Waals surface area (Å²) in [4.78, 5) is 24.1. The maximum absolute atomic E-state index is 12.2. The van der Waals surface area contributed by atoms with Crippen molar-refractivity contribution in [1.29, 1.82) is 0 Å². The minimum Gasteiger partial charge on any atom is -0.466 e. The number of ether oxygens (including phenoxy) is 1. The number of esters is 1. The van der Waals surface area contributed by atoms with Crippen molar-refractivity contribution in [3.8, 4) is 0 Å². The van der Waals surface area contributed by atoms with E-state index in [1.54, 1.807) is 0 Å². The molecule has 1 fully saturated rings. The van der Waals surface area contributed by atoms with Gasteiger partial charge in [0.2, 0.25) is 0 Å². The number of hydrogen-bond donors (Lipinski definition) is 0. The molecule has 1 aromatic rings. The number of carbonyl (C=O) groups excluding carboxylic acids is 2. The van der Waals surface area contributed by atoms with Gasteiger partial charge in [-0.2, -0.15) is 0 Å². The summed E-state index contributed by atoms with van der Waals surface area (Å²) >= 11 is 0. The van der Waals surface area contributed by atoms with Crippen molar-refractivity contribution in [2.75, 3.05) is 7.11 Å². The lowest BCUT2D eigenvalue weighted by Crippen LogP contribution is -2.33. The van der Waals surface area contributed by atoms with Gasteiger partial charge in [0.15, 0.2) is 0 Å². The molecule has 0 radical (unpaired) electrons. The lowest BCUT2D eigenvalue weighted by molar-refractivity contribution is -0.137. The van der Waals surface area contributed by atoms with Gasteiger partial charge in [0.05, 0.1) is 7.11 Å². The molecule has 3 heteroatoms. The van der Waals surface area contributed by atoms with Gasteiger partial charge >= 0.3 is 5.97 Å². The number of Topliss-reactive ketones (excluding diaryl/α,β-unsaturated/α-hetero) is 1. The fourth-order valence-corrected chi connectivity index (χ4v) is 3.74. The number of ketones is 1. The molecule has 2 aliphatic carbocycles. The van der Waals surface area contributed by atoms with E-state index < -0.39 is 0 Å². The number of fused-ring (bicyclic) bond motifs is 1.